The van der Waals surface area contributed by atoms with Gasteiger partial charge in [-0.25, -0.2) is 4.98 Å². The highest BCUT2D eigenvalue weighted by atomic mass is 32.1. The second-order valence-corrected chi connectivity index (χ2v) is 7.19. The minimum Gasteiger partial charge on any atom is -0.502 e. The molecule has 29 heavy (non-hydrogen) atoms. The van der Waals surface area contributed by atoms with Gasteiger partial charge in [0, 0.05) is 0 Å². The molecule has 0 saturated heterocycles. The Morgan fingerprint density at radius 2 is 1.83 bits per heavy atom. The second-order valence-electron chi connectivity index (χ2n) is 6.24. The molecule has 0 radical (unpaired) electrons. The standard InChI is InChI=1S/C22H18N2O4S/c1-27-17-11-13(12-18(28-2)21(17)26)10-14(20(25)19-8-5-9-29-19)22-23-15-6-3-4-7-16(15)24-22/h3-12,26H,1-2H3,(H,23,24)/b14-10-. The van der Waals surface area contributed by atoms with E-state index in [1.165, 1.54) is 25.6 Å². The molecule has 2 aromatic carbocycles. The van der Waals surface area contributed by atoms with Gasteiger partial charge < -0.3 is 19.6 Å². The Morgan fingerprint density at radius 3 is 2.45 bits per heavy atom. The number of para-hydroxylation sites is 2. The molecule has 0 atom stereocenters. The molecule has 146 valence electrons. The number of imidazole rings is 1. The predicted molar refractivity (Wildman–Crippen MR) is 114 cm³/mol. The number of allylic oxidation sites excluding steroid dienone is 1. The Kier molecular flexibility index (Phi) is 5.05. The van der Waals surface area contributed by atoms with E-state index in [-0.39, 0.29) is 23.0 Å². The molecular formula is C22H18N2O4S. The smallest absolute Gasteiger partial charge is 0.206 e. The molecule has 4 aromatic rings. The number of ketones is 1. The maximum absolute atomic E-state index is 13.2. The number of H-pyrrole nitrogens is 1. The van der Waals surface area contributed by atoms with Gasteiger partial charge >= 0.3 is 0 Å². The number of nitrogens with zero attached hydrogens (tertiary/aromatic N) is 1. The average Bonchev–Trinajstić information content (AvgIpc) is 3.42. The van der Waals surface area contributed by atoms with E-state index in [1.54, 1.807) is 24.3 Å². The Balaban J connectivity index is 1.89. The third-order valence-corrected chi connectivity index (χ3v) is 5.32. The number of ether oxygens (including phenoxy) is 2. The van der Waals surface area contributed by atoms with Gasteiger partial charge in [-0.1, -0.05) is 18.2 Å². The van der Waals surface area contributed by atoms with Crippen molar-refractivity contribution in [2.75, 3.05) is 14.2 Å². The van der Waals surface area contributed by atoms with Crippen LogP contribution in [-0.2, 0) is 0 Å². The summed E-state index contributed by atoms with van der Waals surface area (Å²) in [4.78, 5) is 21.7. The number of phenols is 1. The fraction of sp³-hybridized carbons (Fsp3) is 0.0909. The molecular weight excluding hydrogens is 388 g/mol. The number of nitrogens with one attached hydrogen (secondary N) is 1. The topological polar surface area (TPSA) is 84.4 Å². The molecule has 2 heterocycles. The van der Waals surface area contributed by atoms with Gasteiger partial charge in [0.2, 0.25) is 11.5 Å². The summed E-state index contributed by atoms with van der Waals surface area (Å²) in [7, 11) is 2.91. The quantitative estimate of drug-likeness (QED) is 0.356. The number of rotatable bonds is 6. The van der Waals surface area contributed by atoms with Crippen molar-refractivity contribution in [3.63, 3.8) is 0 Å². The van der Waals surface area contributed by atoms with Gasteiger partial charge in [0.25, 0.3) is 0 Å². The highest BCUT2D eigenvalue weighted by Crippen LogP contribution is 2.38. The van der Waals surface area contributed by atoms with Crippen LogP contribution in [0, 0.1) is 0 Å². The third kappa shape index (κ3) is 3.60. The first-order valence-electron chi connectivity index (χ1n) is 8.80. The summed E-state index contributed by atoms with van der Waals surface area (Å²) in [5.74, 6) is 0.731. The van der Waals surface area contributed by atoms with E-state index in [4.69, 9.17) is 9.47 Å². The average molecular weight is 406 g/mol. The van der Waals surface area contributed by atoms with Crippen LogP contribution in [0.3, 0.4) is 0 Å². The minimum absolute atomic E-state index is 0.0954. The number of carbonyl (C=O) groups is 1. The molecule has 0 spiro atoms. The molecule has 2 aromatic heterocycles. The van der Waals surface area contributed by atoms with Crippen molar-refractivity contribution in [1.29, 1.82) is 0 Å². The summed E-state index contributed by atoms with van der Waals surface area (Å²) in [6.45, 7) is 0. The highest BCUT2D eigenvalue weighted by molar-refractivity contribution is 7.12. The van der Waals surface area contributed by atoms with Gasteiger partial charge in [-0.15, -0.1) is 11.3 Å². The van der Waals surface area contributed by atoms with Crippen LogP contribution in [0.2, 0.25) is 0 Å². The number of hydrogen-bond donors (Lipinski definition) is 2. The number of methoxy groups -OCH3 is 2. The van der Waals surface area contributed by atoms with Crippen LogP contribution in [-0.4, -0.2) is 35.1 Å². The minimum atomic E-state index is -0.148. The SMILES string of the molecule is COc1cc(/C=C(/C(=O)c2cccs2)c2nc3ccccc3[nH]2)cc(OC)c1O. The zero-order valence-corrected chi connectivity index (χ0v) is 16.6. The Bertz CT molecular complexity index is 1150. The molecule has 7 heteroatoms. The summed E-state index contributed by atoms with van der Waals surface area (Å²) in [6.07, 6.45) is 1.71. The monoisotopic (exact) mass is 406 g/mol. The van der Waals surface area contributed by atoms with Gasteiger partial charge in [-0.05, 0) is 47.4 Å². The van der Waals surface area contributed by atoms with E-state index in [1.807, 2.05) is 35.7 Å². The zero-order valence-electron chi connectivity index (χ0n) is 15.8. The number of phenolic OH excluding ortho intramolecular Hbond substituents is 1. The summed E-state index contributed by atoms with van der Waals surface area (Å²) >= 11 is 1.37. The lowest BCUT2D eigenvalue weighted by Gasteiger charge is -2.10. The maximum atomic E-state index is 13.2. The number of aromatic nitrogens is 2. The van der Waals surface area contributed by atoms with E-state index in [2.05, 4.69) is 9.97 Å². The molecule has 0 aliphatic rings. The van der Waals surface area contributed by atoms with Crippen molar-refractivity contribution in [2.45, 2.75) is 0 Å². The van der Waals surface area contributed by atoms with E-state index in [0.29, 0.717) is 21.8 Å². The molecule has 6 nitrogen and oxygen atoms in total. The molecule has 0 amide bonds. The third-order valence-electron chi connectivity index (χ3n) is 4.45. The largest absolute Gasteiger partial charge is 0.502 e. The van der Waals surface area contributed by atoms with Crippen molar-refractivity contribution >= 4 is 39.8 Å². The first-order valence-corrected chi connectivity index (χ1v) is 9.68. The molecule has 0 aliphatic heterocycles. The van der Waals surface area contributed by atoms with E-state index in [0.717, 1.165) is 11.0 Å². The molecule has 4 rings (SSSR count). The van der Waals surface area contributed by atoms with E-state index >= 15 is 0 Å². The summed E-state index contributed by atoms with van der Waals surface area (Å²) in [5.41, 5.74) is 2.65. The van der Waals surface area contributed by atoms with Crippen molar-refractivity contribution in [1.82, 2.24) is 9.97 Å². The lowest BCUT2D eigenvalue weighted by atomic mass is 10.0. The predicted octanol–water partition coefficient (Wildman–Crippen LogP) is 4.77. The van der Waals surface area contributed by atoms with Crippen LogP contribution >= 0.6 is 11.3 Å². The first-order chi connectivity index (χ1) is 14.1. The van der Waals surface area contributed by atoms with Crippen molar-refractivity contribution in [2.24, 2.45) is 0 Å². The number of thiophene rings is 1. The summed E-state index contributed by atoms with van der Waals surface area (Å²) < 4.78 is 10.5. The van der Waals surface area contributed by atoms with Crippen LogP contribution in [0.4, 0.5) is 0 Å². The Labute approximate surface area is 171 Å². The number of fused-ring (bicyclic) bond motifs is 1. The summed E-state index contributed by atoms with van der Waals surface area (Å²) in [5, 5.41) is 12.0. The number of benzene rings is 2. The number of Topliss-reactive ketones (excluding diaryl/α,β-unsaturated/α-hetero) is 1. The van der Waals surface area contributed by atoms with Crippen LogP contribution in [0.5, 0.6) is 17.2 Å². The lowest BCUT2D eigenvalue weighted by Crippen LogP contribution is -2.02. The lowest BCUT2D eigenvalue weighted by molar-refractivity contribution is 0.106. The van der Waals surface area contributed by atoms with Gasteiger partial charge in [0.05, 0.1) is 35.7 Å². The summed E-state index contributed by atoms with van der Waals surface area (Å²) in [6, 6.07) is 14.5. The van der Waals surface area contributed by atoms with Crippen molar-refractivity contribution in [3.05, 3.63) is 70.2 Å². The van der Waals surface area contributed by atoms with Crippen LogP contribution in [0.1, 0.15) is 21.1 Å². The Morgan fingerprint density at radius 1 is 1.10 bits per heavy atom. The van der Waals surface area contributed by atoms with Gasteiger partial charge in [-0.2, -0.15) is 0 Å². The molecule has 2 N–H and O–H groups in total. The number of aromatic amines is 1. The fourth-order valence-electron chi connectivity index (χ4n) is 3.03. The molecule has 0 fully saturated rings. The molecule has 0 unspecified atom stereocenters. The zero-order chi connectivity index (χ0) is 20.4. The van der Waals surface area contributed by atoms with E-state index in [9.17, 15) is 9.90 Å². The first kappa shape index (κ1) is 18.8. The van der Waals surface area contributed by atoms with Crippen LogP contribution < -0.4 is 9.47 Å². The van der Waals surface area contributed by atoms with Gasteiger partial charge in [-0.3, -0.25) is 4.79 Å². The molecule has 0 saturated carbocycles. The van der Waals surface area contributed by atoms with Gasteiger partial charge in [0.15, 0.2) is 11.5 Å². The normalized spacial score (nSPS) is 11.6. The number of aromatic hydroxyl groups is 1. The highest BCUT2D eigenvalue weighted by Gasteiger charge is 2.20. The van der Waals surface area contributed by atoms with Crippen LogP contribution in [0.25, 0.3) is 22.7 Å². The van der Waals surface area contributed by atoms with E-state index < -0.39 is 0 Å². The second kappa shape index (κ2) is 7.81. The maximum Gasteiger partial charge on any atom is 0.206 e. The number of carbonyl (C=O) groups excluding carboxylic acids is 1. The Hall–Kier alpha value is -3.58. The van der Waals surface area contributed by atoms with Crippen molar-refractivity contribution in [3.8, 4) is 17.2 Å². The fourth-order valence-corrected chi connectivity index (χ4v) is 3.70. The molecule has 0 bridgehead atoms. The van der Waals surface area contributed by atoms with Crippen LogP contribution in [0.15, 0.2) is 53.9 Å². The van der Waals surface area contributed by atoms with Gasteiger partial charge in [0.1, 0.15) is 5.82 Å². The van der Waals surface area contributed by atoms with Crippen molar-refractivity contribution < 1.29 is 19.4 Å². The number of hydrogen-bond acceptors (Lipinski definition) is 6. The molecule has 0 aliphatic carbocycles.